The van der Waals surface area contributed by atoms with Gasteiger partial charge in [0.25, 0.3) is 0 Å². The van der Waals surface area contributed by atoms with E-state index in [2.05, 4.69) is 10.6 Å². The average Bonchev–Trinajstić information content (AvgIpc) is 2.38. The molecule has 6 heteroatoms. The molecule has 0 saturated heterocycles. The number of hydrogen-bond acceptors (Lipinski definition) is 4. The molecule has 1 amide bonds. The minimum absolute atomic E-state index is 0.123. The number of nitrogens with one attached hydrogen (secondary N) is 2. The van der Waals surface area contributed by atoms with Crippen LogP contribution in [0.15, 0.2) is 0 Å². The van der Waals surface area contributed by atoms with Gasteiger partial charge in [-0.1, -0.05) is 19.3 Å². The highest BCUT2D eigenvalue weighted by Gasteiger charge is 2.31. The molecule has 1 aliphatic carbocycles. The van der Waals surface area contributed by atoms with E-state index in [-0.39, 0.29) is 24.5 Å². The molecule has 0 bridgehead atoms. The van der Waals surface area contributed by atoms with Crippen molar-refractivity contribution >= 4 is 11.9 Å². The summed E-state index contributed by atoms with van der Waals surface area (Å²) in [6.45, 7) is 2.19. The third-order valence-electron chi connectivity index (χ3n) is 3.77. The Kier molecular flexibility index (Phi) is 6.24. The van der Waals surface area contributed by atoms with Gasteiger partial charge in [0.05, 0.1) is 0 Å². The number of hydrogen-bond donors (Lipinski definition) is 4. The van der Waals surface area contributed by atoms with Gasteiger partial charge >= 0.3 is 5.97 Å². The second-order valence-corrected chi connectivity index (χ2v) is 5.44. The van der Waals surface area contributed by atoms with E-state index in [0.29, 0.717) is 6.54 Å². The lowest BCUT2D eigenvalue weighted by molar-refractivity contribution is -0.141. The summed E-state index contributed by atoms with van der Waals surface area (Å²) in [5.74, 6) is -1.41. The Balaban J connectivity index is 2.41. The Bertz CT molecular complexity index is 314. The molecule has 0 aromatic carbocycles. The molecule has 1 fully saturated rings. The van der Waals surface area contributed by atoms with E-state index in [1.54, 1.807) is 0 Å². The van der Waals surface area contributed by atoms with Crippen LogP contribution in [-0.4, -0.2) is 47.8 Å². The van der Waals surface area contributed by atoms with Crippen LogP contribution >= 0.6 is 0 Å². The lowest BCUT2D eigenvalue weighted by atomic mass is 9.74. The van der Waals surface area contributed by atoms with Gasteiger partial charge in [0, 0.05) is 32.0 Å². The van der Waals surface area contributed by atoms with Crippen molar-refractivity contribution in [3.63, 3.8) is 0 Å². The van der Waals surface area contributed by atoms with Gasteiger partial charge in [-0.15, -0.1) is 0 Å². The summed E-state index contributed by atoms with van der Waals surface area (Å²) in [6.07, 6.45) is 5.35. The number of carbonyl (C=O) groups is 2. The molecule has 1 atom stereocenters. The summed E-state index contributed by atoms with van der Waals surface area (Å²) in [6, 6.07) is -0.920. The van der Waals surface area contributed by atoms with Crippen molar-refractivity contribution in [3.8, 4) is 0 Å². The van der Waals surface area contributed by atoms with E-state index >= 15 is 0 Å². The first kappa shape index (κ1) is 15.9. The molecule has 0 heterocycles. The molecule has 6 nitrogen and oxygen atoms in total. The van der Waals surface area contributed by atoms with Crippen molar-refractivity contribution < 1.29 is 19.8 Å². The lowest BCUT2D eigenvalue weighted by Gasteiger charge is -2.36. The maximum Gasteiger partial charge on any atom is 0.327 e. The van der Waals surface area contributed by atoms with Crippen LogP contribution < -0.4 is 10.6 Å². The van der Waals surface area contributed by atoms with Crippen LogP contribution in [0.5, 0.6) is 0 Å². The van der Waals surface area contributed by atoms with Crippen LogP contribution in [0.3, 0.4) is 0 Å². The van der Waals surface area contributed by atoms with E-state index < -0.39 is 12.0 Å². The van der Waals surface area contributed by atoms with E-state index in [9.17, 15) is 14.7 Å². The van der Waals surface area contributed by atoms with E-state index in [1.807, 2.05) is 0 Å². The average molecular weight is 272 g/mol. The van der Waals surface area contributed by atoms with Gasteiger partial charge in [-0.3, -0.25) is 4.79 Å². The van der Waals surface area contributed by atoms with Crippen LogP contribution in [0, 0.1) is 5.41 Å². The van der Waals surface area contributed by atoms with Gasteiger partial charge in [0.1, 0.15) is 6.04 Å². The highest BCUT2D eigenvalue weighted by atomic mass is 16.4. The first-order valence-electron chi connectivity index (χ1n) is 6.81. The number of carbonyl (C=O) groups excluding carboxylic acids is 1. The molecule has 0 aliphatic heterocycles. The topological polar surface area (TPSA) is 98.7 Å². The fourth-order valence-electron chi connectivity index (χ4n) is 2.62. The fourth-order valence-corrected chi connectivity index (χ4v) is 2.62. The molecule has 0 aromatic heterocycles. The summed E-state index contributed by atoms with van der Waals surface area (Å²) in [7, 11) is 0. The molecule has 1 unspecified atom stereocenters. The second-order valence-electron chi connectivity index (χ2n) is 5.44. The third kappa shape index (κ3) is 5.16. The van der Waals surface area contributed by atoms with Crippen molar-refractivity contribution in [2.75, 3.05) is 19.7 Å². The van der Waals surface area contributed by atoms with Gasteiger partial charge in [-0.2, -0.15) is 0 Å². The van der Waals surface area contributed by atoms with Gasteiger partial charge < -0.3 is 20.8 Å². The Morgan fingerprint density at radius 1 is 1.26 bits per heavy atom. The second kappa shape index (κ2) is 7.45. The predicted octanol–water partition coefficient (Wildman–Crippen LogP) is 0.108. The molecule has 4 N–H and O–H groups in total. The quantitative estimate of drug-likeness (QED) is 0.527. The number of aliphatic hydroxyl groups is 1. The van der Waals surface area contributed by atoms with E-state index in [1.165, 1.54) is 13.3 Å². The zero-order valence-electron chi connectivity index (χ0n) is 11.4. The Morgan fingerprint density at radius 2 is 1.89 bits per heavy atom. The summed E-state index contributed by atoms with van der Waals surface area (Å²) in [5.41, 5.74) is -0.127. The normalized spacial score (nSPS) is 19.7. The van der Waals surface area contributed by atoms with Crippen LogP contribution in [0.2, 0.25) is 0 Å². The number of carboxylic acids is 1. The van der Waals surface area contributed by atoms with Crippen molar-refractivity contribution in [3.05, 3.63) is 0 Å². The lowest BCUT2D eigenvalue weighted by Crippen LogP contribution is -2.49. The molecular formula is C13H24N2O4. The monoisotopic (exact) mass is 272 g/mol. The van der Waals surface area contributed by atoms with E-state index in [4.69, 9.17) is 5.11 Å². The third-order valence-corrected chi connectivity index (χ3v) is 3.77. The zero-order chi connectivity index (χ0) is 14.3. The molecule has 1 saturated carbocycles. The standard InChI is InChI=1S/C13H24N2O4/c1-10(17)15-11(12(18)19)7-14-8-13(9-16)5-3-2-4-6-13/h11,14,16H,2-9H2,1H3,(H,15,17)(H,18,19). The van der Waals surface area contributed by atoms with Gasteiger partial charge in [0.15, 0.2) is 0 Å². The van der Waals surface area contributed by atoms with Crippen LogP contribution in [-0.2, 0) is 9.59 Å². The number of amides is 1. The highest BCUT2D eigenvalue weighted by Crippen LogP contribution is 2.35. The summed E-state index contributed by atoms with van der Waals surface area (Å²) < 4.78 is 0. The zero-order valence-corrected chi connectivity index (χ0v) is 11.4. The molecule has 0 aromatic rings. The molecule has 0 spiro atoms. The van der Waals surface area contributed by atoms with Gasteiger partial charge in [0.2, 0.25) is 5.91 Å². The maximum atomic E-state index is 11.0. The molecule has 1 aliphatic rings. The molecule has 1 rings (SSSR count). The van der Waals surface area contributed by atoms with Crippen molar-refractivity contribution in [1.29, 1.82) is 0 Å². The highest BCUT2D eigenvalue weighted by molar-refractivity contribution is 5.82. The molecular weight excluding hydrogens is 248 g/mol. The largest absolute Gasteiger partial charge is 0.480 e. The predicted molar refractivity (Wildman–Crippen MR) is 70.7 cm³/mol. The maximum absolute atomic E-state index is 11.0. The van der Waals surface area contributed by atoms with Crippen molar-refractivity contribution in [2.45, 2.75) is 45.1 Å². The first-order chi connectivity index (χ1) is 8.99. The fraction of sp³-hybridized carbons (Fsp3) is 0.846. The Hall–Kier alpha value is -1.14. The molecule has 0 radical (unpaired) electrons. The van der Waals surface area contributed by atoms with Crippen LogP contribution in [0.25, 0.3) is 0 Å². The number of rotatable bonds is 7. The Morgan fingerprint density at radius 3 is 2.37 bits per heavy atom. The van der Waals surface area contributed by atoms with Crippen LogP contribution in [0.1, 0.15) is 39.0 Å². The van der Waals surface area contributed by atoms with Gasteiger partial charge in [-0.05, 0) is 12.8 Å². The smallest absolute Gasteiger partial charge is 0.327 e. The minimum Gasteiger partial charge on any atom is -0.480 e. The van der Waals surface area contributed by atoms with E-state index in [0.717, 1.165) is 25.7 Å². The first-order valence-corrected chi connectivity index (χ1v) is 6.81. The SMILES string of the molecule is CC(=O)NC(CNCC1(CO)CCCCC1)C(=O)O. The summed E-state index contributed by atoms with van der Waals surface area (Å²) >= 11 is 0. The minimum atomic E-state index is -1.05. The van der Waals surface area contributed by atoms with Crippen molar-refractivity contribution in [2.24, 2.45) is 5.41 Å². The number of aliphatic hydroxyl groups excluding tert-OH is 1. The van der Waals surface area contributed by atoms with Gasteiger partial charge in [-0.25, -0.2) is 4.79 Å². The van der Waals surface area contributed by atoms with Crippen LogP contribution in [0.4, 0.5) is 0 Å². The Labute approximate surface area is 113 Å². The number of aliphatic carboxylic acids is 1. The summed E-state index contributed by atoms with van der Waals surface area (Å²) in [4.78, 5) is 21.9. The number of carboxylic acid groups (broad SMARTS) is 1. The van der Waals surface area contributed by atoms with Crippen molar-refractivity contribution in [1.82, 2.24) is 10.6 Å². The summed E-state index contributed by atoms with van der Waals surface area (Å²) in [5, 5.41) is 24.0. The molecule has 110 valence electrons. The molecule has 19 heavy (non-hydrogen) atoms.